The number of nitrogens with one attached hydrogen (secondary N) is 1. The van der Waals surface area contributed by atoms with E-state index in [1.807, 2.05) is 0 Å². The van der Waals surface area contributed by atoms with Crippen molar-refractivity contribution < 1.29 is 9.84 Å². The number of anilines is 2. The number of halogens is 1. The minimum absolute atomic E-state index is 0.129. The zero-order valence-corrected chi connectivity index (χ0v) is 12.1. The number of hydrogen-bond donors (Lipinski definition) is 2. The molecule has 18 heavy (non-hydrogen) atoms. The van der Waals surface area contributed by atoms with E-state index in [1.165, 1.54) is 6.33 Å². The summed E-state index contributed by atoms with van der Waals surface area (Å²) in [6.45, 7) is 2.12. The van der Waals surface area contributed by atoms with Crippen molar-refractivity contribution in [3.05, 3.63) is 12.5 Å². The predicted octanol–water partition coefficient (Wildman–Crippen LogP) is 1.31. The summed E-state index contributed by atoms with van der Waals surface area (Å²) in [7, 11) is 0. The van der Waals surface area contributed by atoms with E-state index < -0.39 is 6.35 Å². The fourth-order valence-electron chi connectivity index (χ4n) is 2.47. The molecule has 0 spiro atoms. The molecule has 1 aromatic heterocycles. The van der Waals surface area contributed by atoms with E-state index in [0.29, 0.717) is 9.74 Å². The lowest BCUT2D eigenvalue weighted by atomic mass is 10.2. The van der Waals surface area contributed by atoms with E-state index in [-0.39, 0.29) is 12.3 Å². The van der Waals surface area contributed by atoms with E-state index in [4.69, 9.17) is 4.74 Å². The molecular formula is C11H15IN4O2. The van der Waals surface area contributed by atoms with Gasteiger partial charge in [0, 0.05) is 10.3 Å². The van der Waals surface area contributed by atoms with Gasteiger partial charge in [-0.05, 0) is 6.42 Å². The highest BCUT2D eigenvalue weighted by Gasteiger charge is 2.42. The van der Waals surface area contributed by atoms with Crippen LogP contribution >= 0.6 is 22.6 Å². The third kappa shape index (κ3) is 1.94. The second-order valence-corrected chi connectivity index (χ2v) is 6.07. The van der Waals surface area contributed by atoms with Gasteiger partial charge in [-0.1, -0.05) is 29.5 Å². The first-order valence-electron chi connectivity index (χ1n) is 6.03. The van der Waals surface area contributed by atoms with Crippen LogP contribution in [0.25, 0.3) is 0 Å². The summed E-state index contributed by atoms with van der Waals surface area (Å²) >= 11 is 2.42. The van der Waals surface area contributed by atoms with Gasteiger partial charge in [-0.25, -0.2) is 9.97 Å². The number of rotatable bonds is 2. The third-order valence-electron chi connectivity index (χ3n) is 3.36. The van der Waals surface area contributed by atoms with Gasteiger partial charge in [0.05, 0.1) is 18.0 Å². The van der Waals surface area contributed by atoms with Crippen LogP contribution in [0.5, 0.6) is 0 Å². The molecule has 0 aromatic carbocycles. The quantitative estimate of drug-likeness (QED) is 0.611. The Hall–Kier alpha value is -0.670. The summed E-state index contributed by atoms with van der Waals surface area (Å²) in [6, 6.07) is 0. The van der Waals surface area contributed by atoms with Crippen LogP contribution in [0, 0.1) is 0 Å². The van der Waals surface area contributed by atoms with Crippen molar-refractivity contribution >= 4 is 34.1 Å². The Morgan fingerprint density at radius 2 is 2.50 bits per heavy atom. The molecule has 0 aliphatic carbocycles. The number of hydrogen-bond acceptors (Lipinski definition) is 6. The Morgan fingerprint density at radius 1 is 1.67 bits per heavy atom. The number of fused-ring (bicyclic) bond motifs is 1. The smallest absolute Gasteiger partial charge is 0.208 e. The molecule has 98 valence electrons. The van der Waals surface area contributed by atoms with Crippen molar-refractivity contribution in [2.45, 2.75) is 42.4 Å². The van der Waals surface area contributed by atoms with E-state index in [0.717, 1.165) is 18.5 Å². The molecule has 1 saturated heterocycles. The average Bonchev–Trinajstić information content (AvgIpc) is 2.88. The first-order chi connectivity index (χ1) is 8.70. The number of aromatic nitrogens is 2. The summed E-state index contributed by atoms with van der Waals surface area (Å²) in [6.07, 6.45) is 4.35. The molecule has 1 fully saturated rings. The maximum atomic E-state index is 10.1. The molecule has 4 atom stereocenters. The van der Waals surface area contributed by atoms with E-state index in [1.54, 1.807) is 11.1 Å². The van der Waals surface area contributed by atoms with Gasteiger partial charge >= 0.3 is 0 Å². The van der Waals surface area contributed by atoms with E-state index in [9.17, 15) is 5.11 Å². The van der Waals surface area contributed by atoms with Gasteiger partial charge in [-0.3, -0.25) is 4.90 Å². The number of nitrogens with zero attached hydrogens (tertiary/aromatic N) is 3. The fourth-order valence-corrected chi connectivity index (χ4v) is 3.58. The minimum Gasteiger partial charge on any atom is -0.356 e. The average molecular weight is 362 g/mol. The van der Waals surface area contributed by atoms with Crippen LogP contribution in [0.2, 0.25) is 0 Å². The fraction of sp³-hybridized carbons (Fsp3) is 0.636. The van der Waals surface area contributed by atoms with Crippen LogP contribution in [-0.2, 0) is 4.74 Å². The molecule has 3 heterocycles. The Kier molecular flexibility index (Phi) is 3.29. The van der Waals surface area contributed by atoms with Crippen LogP contribution < -0.4 is 10.2 Å². The minimum atomic E-state index is -0.791. The Labute approximate surface area is 119 Å². The highest BCUT2D eigenvalue weighted by Crippen LogP contribution is 2.38. The normalized spacial score (nSPS) is 34.5. The molecule has 2 aliphatic heterocycles. The number of alkyl halides is 1. The molecule has 6 nitrogen and oxygen atoms in total. The van der Waals surface area contributed by atoms with E-state index >= 15 is 0 Å². The monoisotopic (exact) mass is 362 g/mol. The lowest BCUT2D eigenvalue weighted by Crippen LogP contribution is -2.43. The van der Waals surface area contributed by atoms with Crippen LogP contribution in [0.3, 0.4) is 0 Å². The Balaban J connectivity index is 1.85. The zero-order valence-electron chi connectivity index (χ0n) is 9.95. The third-order valence-corrected chi connectivity index (χ3v) is 4.67. The second kappa shape index (κ2) is 4.78. The molecule has 7 heteroatoms. The lowest BCUT2D eigenvalue weighted by molar-refractivity contribution is 0.0220. The van der Waals surface area contributed by atoms with Gasteiger partial charge < -0.3 is 15.2 Å². The Bertz CT molecular complexity index is 447. The van der Waals surface area contributed by atoms with Crippen LogP contribution in [0.1, 0.15) is 19.8 Å². The summed E-state index contributed by atoms with van der Waals surface area (Å²) in [4.78, 5) is 9.96. The van der Waals surface area contributed by atoms with Crippen LogP contribution in [0.15, 0.2) is 12.5 Å². The van der Waals surface area contributed by atoms with E-state index in [2.05, 4.69) is 44.8 Å². The number of ether oxygens (including phenoxy) is 1. The van der Waals surface area contributed by atoms with Gasteiger partial charge in [0.15, 0.2) is 5.82 Å². The summed E-state index contributed by atoms with van der Waals surface area (Å²) < 4.78 is 6.46. The molecule has 3 rings (SSSR count). The van der Waals surface area contributed by atoms with Gasteiger partial charge in [0.2, 0.25) is 6.35 Å². The maximum absolute atomic E-state index is 10.1. The molecule has 2 aliphatic rings. The first kappa shape index (κ1) is 12.4. The van der Waals surface area contributed by atoms with Crippen LogP contribution in [0.4, 0.5) is 11.5 Å². The largest absolute Gasteiger partial charge is 0.356 e. The molecule has 2 unspecified atom stereocenters. The van der Waals surface area contributed by atoms with Gasteiger partial charge in [0.25, 0.3) is 0 Å². The molecule has 1 aromatic rings. The molecule has 0 bridgehead atoms. The lowest BCUT2D eigenvalue weighted by Gasteiger charge is -2.27. The van der Waals surface area contributed by atoms with Crippen molar-refractivity contribution in [3.63, 3.8) is 0 Å². The van der Waals surface area contributed by atoms with Crippen molar-refractivity contribution in [3.8, 4) is 0 Å². The predicted molar refractivity (Wildman–Crippen MR) is 75.5 cm³/mol. The molecular weight excluding hydrogens is 347 g/mol. The molecule has 0 saturated carbocycles. The first-order valence-corrected chi connectivity index (χ1v) is 7.27. The summed E-state index contributed by atoms with van der Waals surface area (Å²) in [5, 5.41) is 13.0. The van der Waals surface area contributed by atoms with Crippen molar-refractivity contribution in [1.29, 1.82) is 0 Å². The topological polar surface area (TPSA) is 70.5 Å². The van der Waals surface area contributed by atoms with Crippen molar-refractivity contribution in [1.82, 2.24) is 9.97 Å². The highest BCUT2D eigenvalue weighted by molar-refractivity contribution is 14.1. The van der Waals surface area contributed by atoms with Gasteiger partial charge in [0.1, 0.15) is 12.6 Å². The maximum Gasteiger partial charge on any atom is 0.208 e. The summed E-state index contributed by atoms with van der Waals surface area (Å²) in [5.74, 6) is 0.711. The standard InChI is InChI=1S/C11H15IN4O2/c1-2-8-6(12)3-9(18-8)16-10-7(15-11(16)17)4-13-5-14-10/h4-6,8-9,11,15,17H,2-3H2,1H3/t6?,8-,9-,11?/m1/s1. The zero-order chi connectivity index (χ0) is 12.7. The SMILES string of the molecule is CC[C@H]1O[C@@H](N2c3ncncc3NC2O)CC1I. The molecule has 0 radical (unpaired) electrons. The van der Waals surface area contributed by atoms with Crippen molar-refractivity contribution in [2.24, 2.45) is 0 Å². The van der Waals surface area contributed by atoms with Gasteiger partial charge in [-0.15, -0.1) is 0 Å². The Morgan fingerprint density at radius 3 is 3.22 bits per heavy atom. The van der Waals surface area contributed by atoms with Crippen molar-refractivity contribution in [2.75, 3.05) is 10.2 Å². The second-order valence-electron chi connectivity index (χ2n) is 4.47. The van der Waals surface area contributed by atoms with Gasteiger partial charge in [-0.2, -0.15) is 0 Å². The number of aliphatic hydroxyl groups is 1. The van der Waals surface area contributed by atoms with Crippen LogP contribution in [-0.4, -0.2) is 37.7 Å². The number of aliphatic hydroxyl groups excluding tert-OH is 1. The highest BCUT2D eigenvalue weighted by atomic mass is 127. The molecule has 2 N–H and O–H groups in total. The summed E-state index contributed by atoms with van der Waals surface area (Å²) in [5.41, 5.74) is 0.749. The molecule has 0 amide bonds.